The monoisotopic (exact) mass is 179 g/mol. The van der Waals surface area contributed by atoms with Gasteiger partial charge in [-0.15, -0.1) is 0 Å². The third-order valence-electron chi connectivity index (χ3n) is 1.74. The molecule has 0 bridgehead atoms. The minimum absolute atomic E-state index is 0.130. The number of H-pyrrole nitrogens is 1. The highest BCUT2D eigenvalue weighted by molar-refractivity contribution is 5.99. The maximum absolute atomic E-state index is 11.7. The van der Waals surface area contributed by atoms with E-state index in [0.717, 1.165) is 0 Å². The first-order valence-corrected chi connectivity index (χ1v) is 4.15. The van der Waals surface area contributed by atoms with E-state index in [2.05, 4.69) is 4.98 Å². The van der Waals surface area contributed by atoms with Gasteiger partial charge in [0, 0.05) is 11.6 Å². The number of hydrogen-bond acceptors (Lipinski definition) is 2. The maximum Gasteiger partial charge on any atom is 0.258 e. The van der Waals surface area contributed by atoms with Gasteiger partial charge >= 0.3 is 0 Å². The van der Waals surface area contributed by atoms with Crippen LogP contribution in [-0.4, -0.2) is 10.8 Å². The Morgan fingerprint density at radius 3 is 2.46 bits per heavy atom. The van der Waals surface area contributed by atoms with Crippen molar-refractivity contribution in [1.82, 2.24) is 4.98 Å². The highest BCUT2D eigenvalue weighted by atomic mass is 16.1. The Morgan fingerprint density at radius 1 is 1.38 bits per heavy atom. The number of aromatic amines is 1. The minimum Gasteiger partial charge on any atom is -0.328 e. The molecular formula is C10H13NO2. The molecule has 0 aliphatic carbocycles. The van der Waals surface area contributed by atoms with Crippen molar-refractivity contribution >= 4 is 5.78 Å². The van der Waals surface area contributed by atoms with Crippen LogP contribution < -0.4 is 5.56 Å². The van der Waals surface area contributed by atoms with Crippen molar-refractivity contribution in [3.63, 3.8) is 0 Å². The number of hydrogen-bond donors (Lipinski definition) is 1. The Labute approximate surface area is 76.8 Å². The van der Waals surface area contributed by atoms with Crippen LogP contribution in [0.5, 0.6) is 0 Å². The van der Waals surface area contributed by atoms with E-state index in [9.17, 15) is 9.59 Å². The van der Waals surface area contributed by atoms with E-state index >= 15 is 0 Å². The molecule has 0 saturated heterocycles. The van der Waals surface area contributed by atoms with Gasteiger partial charge in [0.2, 0.25) is 0 Å². The summed E-state index contributed by atoms with van der Waals surface area (Å²) >= 11 is 0. The van der Waals surface area contributed by atoms with Gasteiger partial charge in [0.05, 0.1) is 5.56 Å². The minimum atomic E-state index is -0.506. The normalized spacial score (nSPS) is 11.3. The predicted molar refractivity (Wildman–Crippen MR) is 50.8 cm³/mol. The smallest absolute Gasteiger partial charge is 0.258 e. The summed E-state index contributed by atoms with van der Waals surface area (Å²) in [7, 11) is 0. The number of carbonyl (C=O) groups is 1. The third kappa shape index (κ3) is 2.05. The number of pyridine rings is 1. The first-order chi connectivity index (χ1) is 5.93. The lowest BCUT2D eigenvalue weighted by atomic mass is 9.87. The molecule has 3 nitrogen and oxygen atoms in total. The molecule has 0 radical (unpaired) electrons. The lowest BCUT2D eigenvalue weighted by Crippen LogP contribution is -2.27. The zero-order valence-corrected chi connectivity index (χ0v) is 8.05. The van der Waals surface area contributed by atoms with E-state index in [-0.39, 0.29) is 16.9 Å². The zero-order valence-electron chi connectivity index (χ0n) is 8.05. The molecule has 0 aliphatic heterocycles. The average Bonchev–Trinajstić information content (AvgIpc) is 2.02. The Morgan fingerprint density at radius 2 is 2.00 bits per heavy atom. The fraction of sp³-hybridized carbons (Fsp3) is 0.400. The summed E-state index contributed by atoms with van der Waals surface area (Å²) < 4.78 is 0. The van der Waals surface area contributed by atoms with Gasteiger partial charge in [0.25, 0.3) is 5.56 Å². The van der Waals surface area contributed by atoms with E-state index in [1.165, 1.54) is 6.20 Å². The second kappa shape index (κ2) is 3.17. The van der Waals surface area contributed by atoms with Crippen LogP contribution in [-0.2, 0) is 0 Å². The van der Waals surface area contributed by atoms with Crippen molar-refractivity contribution in [1.29, 1.82) is 0 Å². The number of Topliss-reactive ketones (excluding diaryl/α,β-unsaturated/α-hetero) is 1. The molecule has 13 heavy (non-hydrogen) atoms. The van der Waals surface area contributed by atoms with Crippen molar-refractivity contribution in [2.45, 2.75) is 20.8 Å². The standard InChI is InChI=1S/C10H13NO2/c1-10(2,3)8(12)7-5-4-6-11-9(7)13/h4-6H,1-3H3,(H,11,13). The molecule has 3 heteroatoms. The van der Waals surface area contributed by atoms with E-state index in [1.54, 1.807) is 32.9 Å². The second-order valence-corrected chi connectivity index (χ2v) is 3.99. The van der Waals surface area contributed by atoms with Gasteiger partial charge < -0.3 is 4.98 Å². The molecule has 1 aromatic rings. The van der Waals surface area contributed by atoms with Crippen molar-refractivity contribution in [2.75, 3.05) is 0 Å². The lowest BCUT2D eigenvalue weighted by Gasteiger charge is -2.15. The number of rotatable bonds is 1. The zero-order chi connectivity index (χ0) is 10.1. The van der Waals surface area contributed by atoms with Gasteiger partial charge in [-0.1, -0.05) is 20.8 Å². The predicted octanol–water partition coefficient (Wildman–Crippen LogP) is 1.60. The Hall–Kier alpha value is -1.38. The molecule has 70 valence electrons. The quantitative estimate of drug-likeness (QED) is 0.666. The van der Waals surface area contributed by atoms with Gasteiger partial charge in [0.15, 0.2) is 5.78 Å². The number of nitrogens with one attached hydrogen (secondary N) is 1. The summed E-state index contributed by atoms with van der Waals surface area (Å²) in [6.07, 6.45) is 1.52. The molecule has 1 heterocycles. The maximum atomic E-state index is 11.7. The van der Waals surface area contributed by atoms with Crippen LogP contribution in [0.4, 0.5) is 0 Å². The first-order valence-electron chi connectivity index (χ1n) is 4.15. The Balaban J connectivity index is 3.18. The highest BCUT2D eigenvalue weighted by Crippen LogP contribution is 2.18. The summed E-state index contributed by atoms with van der Waals surface area (Å²) in [4.78, 5) is 25.4. The number of carbonyl (C=O) groups excluding carboxylic acids is 1. The molecule has 0 spiro atoms. The molecule has 1 rings (SSSR count). The Kier molecular flexibility index (Phi) is 2.36. The van der Waals surface area contributed by atoms with Gasteiger partial charge in [-0.2, -0.15) is 0 Å². The largest absolute Gasteiger partial charge is 0.328 e. The highest BCUT2D eigenvalue weighted by Gasteiger charge is 2.24. The van der Waals surface area contributed by atoms with Crippen LogP contribution in [0.15, 0.2) is 23.1 Å². The molecule has 0 unspecified atom stereocenters. The Bertz CT molecular complexity index is 371. The molecule has 0 aromatic carbocycles. The van der Waals surface area contributed by atoms with Gasteiger partial charge in [-0.25, -0.2) is 0 Å². The fourth-order valence-electron chi connectivity index (χ4n) is 1.00. The van der Waals surface area contributed by atoms with Crippen LogP contribution in [0.1, 0.15) is 31.1 Å². The third-order valence-corrected chi connectivity index (χ3v) is 1.74. The lowest BCUT2D eigenvalue weighted by molar-refractivity contribution is 0.0856. The molecular weight excluding hydrogens is 166 g/mol. The van der Waals surface area contributed by atoms with Crippen molar-refractivity contribution < 1.29 is 4.79 Å². The fourth-order valence-corrected chi connectivity index (χ4v) is 1.00. The number of ketones is 1. The molecule has 1 aromatic heterocycles. The van der Waals surface area contributed by atoms with E-state index in [1.807, 2.05) is 0 Å². The van der Waals surface area contributed by atoms with Crippen LogP contribution in [0.2, 0.25) is 0 Å². The summed E-state index contributed by atoms with van der Waals surface area (Å²) in [6.45, 7) is 5.38. The van der Waals surface area contributed by atoms with Crippen LogP contribution in [0.3, 0.4) is 0 Å². The summed E-state index contributed by atoms with van der Waals surface area (Å²) in [5.74, 6) is -0.130. The molecule has 0 aliphatic rings. The molecule has 0 amide bonds. The topological polar surface area (TPSA) is 49.9 Å². The molecule has 1 N–H and O–H groups in total. The van der Waals surface area contributed by atoms with E-state index < -0.39 is 5.41 Å². The second-order valence-electron chi connectivity index (χ2n) is 3.99. The molecule has 0 fully saturated rings. The summed E-state index contributed by atoms with van der Waals surface area (Å²) in [5.41, 5.74) is -0.591. The van der Waals surface area contributed by atoms with Gasteiger partial charge in [0.1, 0.15) is 0 Å². The number of aromatic nitrogens is 1. The van der Waals surface area contributed by atoms with Crippen LogP contribution in [0, 0.1) is 5.41 Å². The van der Waals surface area contributed by atoms with Crippen molar-refractivity contribution in [2.24, 2.45) is 5.41 Å². The SMILES string of the molecule is CC(C)(C)C(=O)c1ccc[nH]c1=O. The molecule has 0 saturated carbocycles. The molecule has 0 atom stereocenters. The average molecular weight is 179 g/mol. The van der Waals surface area contributed by atoms with Crippen LogP contribution >= 0.6 is 0 Å². The first kappa shape index (κ1) is 9.71. The summed E-state index contributed by atoms with van der Waals surface area (Å²) in [5, 5.41) is 0. The summed E-state index contributed by atoms with van der Waals surface area (Å²) in [6, 6.07) is 3.20. The van der Waals surface area contributed by atoms with Crippen molar-refractivity contribution in [3.8, 4) is 0 Å². The van der Waals surface area contributed by atoms with Gasteiger partial charge in [-0.05, 0) is 12.1 Å². The van der Waals surface area contributed by atoms with Gasteiger partial charge in [-0.3, -0.25) is 9.59 Å². The van der Waals surface area contributed by atoms with Crippen molar-refractivity contribution in [3.05, 3.63) is 34.2 Å². The van der Waals surface area contributed by atoms with Crippen LogP contribution in [0.25, 0.3) is 0 Å². The van der Waals surface area contributed by atoms with E-state index in [0.29, 0.717) is 0 Å². The van der Waals surface area contributed by atoms with E-state index in [4.69, 9.17) is 0 Å².